The van der Waals surface area contributed by atoms with Gasteiger partial charge in [0.15, 0.2) is 0 Å². The van der Waals surface area contributed by atoms with Crippen molar-refractivity contribution in [3.8, 4) is 0 Å². The normalized spacial score (nSPS) is 32.4. The molecule has 1 unspecified atom stereocenters. The molecule has 64 valence electrons. The molecule has 1 fully saturated rings. The highest BCUT2D eigenvalue weighted by Gasteiger charge is 2.27. The van der Waals surface area contributed by atoms with Crippen LogP contribution in [0, 0.1) is 5.41 Å². The van der Waals surface area contributed by atoms with E-state index >= 15 is 0 Å². The molecule has 1 nitrogen and oxygen atoms in total. The minimum Gasteiger partial charge on any atom is -0.330 e. The molecule has 0 aromatic carbocycles. The number of nitrogens with two attached hydrogens (primary N) is 1. The predicted octanol–water partition coefficient (Wildman–Crippen LogP) is 2.47. The van der Waals surface area contributed by atoms with Crippen LogP contribution >= 0.6 is 0 Å². The Morgan fingerprint density at radius 2 is 2.36 bits per heavy atom. The Labute approximate surface area is 69.7 Å². The molecular weight excluding hydrogens is 134 g/mol. The fraction of sp³-hybridized carbons (Fsp3) is 0.800. The number of allylic oxidation sites excluding steroid dienone is 1. The summed E-state index contributed by atoms with van der Waals surface area (Å²) in [4.78, 5) is 0. The molecule has 0 aromatic heterocycles. The first-order valence-corrected chi connectivity index (χ1v) is 4.53. The number of rotatable bonds is 2. The van der Waals surface area contributed by atoms with E-state index in [1.807, 2.05) is 0 Å². The molecule has 1 rings (SSSR count). The molecule has 11 heavy (non-hydrogen) atoms. The van der Waals surface area contributed by atoms with Crippen molar-refractivity contribution in [1.29, 1.82) is 0 Å². The average Bonchev–Trinajstić information content (AvgIpc) is 1.86. The van der Waals surface area contributed by atoms with Gasteiger partial charge in [-0.1, -0.05) is 19.1 Å². The molecule has 0 bridgehead atoms. The van der Waals surface area contributed by atoms with Crippen molar-refractivity contribution in [1.82, 2.24) is 0 Å². The third kappa shape index (κ3) is 2.33. The lowest BCUT2D eigenvalue weighted by Gasteiger charge is -2.34. The monoisotopic (exact) mass is 153 g/mol. The summed E-state index contributed by atoms with van der Waals surface area (Å²) in [5.41, 5.74) is 7.46. The molecular formula is C10H19N. The van der Waals surface area contributed by atoms with E-state index in [0.717, 1.165) is 13.0 Å². The zero-order valence-corrected chi connectivity index (χ0v) is 7.53. The van der Waals surface area contributed by atoms with Crippen LogP contribution in [0.5, 0.6) is 0 Å². The minimum atomic E-state index is 0.476. The zero-order valence-electron chi connectivity index (χ0n) is 7.53. The third-order valence-corrected chi connectivity index (χ3v) is 2.74. The van der Waals surface area contributed by atoms with E-state index in [-0.39, 0.29) is 0 Å². The van der Waals surface area contributed by atoms with Crippen molar-refractivity contribution in [3.63, 3.8) is 0 Å². The van der Waals surface area contributed by atoms with Gasteiger partial charge in [-0.2, -0.15) is 0 Å². The maximum Gasteiger partial charge on any atom is -0.00720 e. The Bertz CT molecular complexity index is 147. The largest absolute Gasteiger partial charge is 0.330 e. The van der Waals surface area contributed by atoms with Crippen LogP contribution in [0.1, 0.15) is 39.0 Å². The highest BCUT2D eigenvalue weighted by Crippen LogP contribution is 2.40. The molecule has 1 aliphatic rings. The van der Waals surface area contributed by atoms with Crippen molar-refractivity contribution in [2.24, 2.45) is 11.1 Å². The third-order valence-electron chi connectivity index (χ3n) is 2.74. The summed E-state index contributed by atoms with van der Waals surface area (Å²) in [6, 6.07) is 0. The first-order chi connectivity index (χ1) is 5.16. The molecule has 1 heteroatoms. The second-order valence-electron chi connectivity index (χ2n) is 4.13. The summed E-state index contributed by atoms with van der Waals surface area (Å²) in [6.45, 7) is 7.21. The molecule has 0 aromatic rings. The molecule has 2 N–H and O–H groups in total. The summed E-state index contributed by atoms with van der Waals surface area (Å²) in [7, 11) is 0. The number of hydrogen-bond acceptors (Lipinski definition) is 1. The van der Waals surface area contributed by atoms with Crippen LogP contribution in [-0.2, 0) is 0 Å². The fourth-order valence-electron chi connectivity index (χ4n) is 2.11. The second kappa shape index (κ2) is 3.40. The Morgan fingerprint density at radius 3 is 2.91 bits per heavy atom. The molecule has 1 atom stereocenters. The van der Waals surface area contributed by atoms with Gasteiger partial charge in [0.25, 0.3) is 0 Å². The predicted molar refractivity (Wildman–Crippen MR) is 49.4 cm³/mol. The van der Waals surface area contributed by atoms with E-state index in [2.05, 4.69) is 13.5 Å². The summed E-state index contributed by atoms with van der Waals surface area (Å²) in [5.74, 6) is 0. The quantitative estimate of drug-likeness (QED) is 0.606. The fourth-order valence-corrected chi connectivity index (χ4v) is 2.11. The van der Waals surface area contributed by atoms with Gasteiger partial charge in [0.1, 0.15) is 0 Å². The molecule has 1 aliphatic carbocycles. The zero-order chi connectivity index (χ0) is 8.32. The maximum absolute atomic E-state index is 5.56. The highest BCUT2D eigenvalue weighted by molar-refractivity contribution is 5.03. The standard InChI is InChI=1S/C10H19N/c1-9-4-3-5-10(2,8-9)6-7-11/h1,3-8,11H2,2H3. The van der Waals surface area contributed by atoms with Gasteiger partial charge in [-0.3, -0.25) is 0 Å². The van der Waals surface area contributed by atoms with E-state index in [4.69, 9.17) is 5.73 Å². The van der Waals surface area contributed by atoms with Gasteiger partial charge in [-0.15, -0.1) is 0 Å². The van der Waals surface area contributed by atoms with Gasteiger partial charge in [-0.05, 0) is 44.1 Å². The average molecular weight is 153 g/mol. The van der Waals surface area contributed by atoms with Crippen molar-refractivity contribution in [2.45, 2.75) is 39.0 Å². The van der Waals surface area contributed by atoms with Crippen LogP contribution in [0.25, 0.3) is 0 Å². The van der Waals surface area contributed by atoms with Crippen LogP contribution in [0.15, 0.2) is 12.2 Å². The van der Waals surface area contributed by atoms with Gasteiger partial charge < -0.3 is 5.73 Å². The van der Waals surface area contributed by atoms with Crippen LogP contribution in [0.2, 0.25) is 0 Å². The Balaban J connectivity index is 2.48. The van der Waals surface area contributed by atoms with Gasteiger partial charge in [0.05, 0.1) is 0 Å². The van der Waals surface area contributed by atoms with Crippen molar-refractivity contribution < 1.29 is 0 Å². The van der Waals surface area contributed by atoms with Gasteiger partial charge >= 0.3 is 0 Å². The topological polar surface area (TPSA) is 26.0 Å². The van der Waals surface area contributed by atoms with Gasteiger partial charge in [-0.25, -0.2) is 0 Å². The van der Waals surface area contributed by atoms with E-state index in [1.165, 1.54) is 31.3 Å². The van der Waals surface area contributed by atoms with E-state index in [1.54, 1.807) is 0 Å². The molecule has 0 spiro atoms. The molecule has 0 aliphatic heterocycles. The van der Waals surface area contributed by atoms with Crippen molar-refractivity contribution in [2.75, 3.05) is 6.54 Å². The smallest absolute Gasteiger partial charge is 0.00720 e. The SMILES string of the molecule is C=C1CCCC(C)(CCN)C1. The summed E-state index contributed by atoms with van der Waals surface area (Å²) < 4.78 is 0. The first-order valence-electron chi connectivity index (χ1n) is 4.53. The lowest BCUT2D eigenvalue weighted by molar-refractivity contribution is 0.241. The van der Waals surface area contributed by atoms with Crippen LogP contribution in [-0.4, -0.2) is 6.54 Å². The summed E-state index contributed by atoms with van der Waals surface area (Å²) in [5, 5.41) is 0. The Hall–Kier alpha value is -0.300. The lowest BCUT2D eigenvalue weighted by Crippen LogP contribution is -2.24. The summed E-state index contributed by atoms with van der Waals surface area (Å²) in [6.07, 6.45) is 6.24. The van der Waals surface area contributed by atoms with Crippen LogP contribution < -0.4 is 5.73 Å². The molecule has 0 saturated heterocycles. The summed E-state index contributed by atoms with van der Waals surface area (Å²) >= 11 is 0. The van der Waals surface area contributed by atoms with Crippen molar-refractivity contribution in [3.05, 3.63) is 12.2 Å². The highest BCUT2D eigenvalue weighted by atomic mass is 14.5. The molecule has 0 heterocycles. The van der Waals surface area contributed by atoms with Crippen LogP contribution in [0.3, 0.4) is 0 Å². The first kappa shape index (κ1) is 8.79. The lowest BCUT2D eigenvalue weighted by atomic mass is 9.72. The molecule has 0 radical (unpaired) electrons. The van der Waals surface area contributed by atoms with Gasteiger partial charge in [0.2, 0.25) is 0 Å². The van der Waals surface area contributed by atoms with Crippen LogP contribution in [0.4, 0.5) is 0 Å². The van der Waals surface area contributed by atoms with E-state index in [9.17, 15) is 0 Å². The molecule has 1 saturated carbocycles. The Morgan fingerprint density at radius 1 is 1.64 bits per heavy atom. The Kier molecular flexibility index (Phi) is 2.72. The van der Waals surface area contributed by atoms with E-state index < -0.39 is 0 Å². The van der Waals surface area contributed by atoms with E-state index in [0.29, 0.717) is 5.41 Å². The second-order valence-corrected chi connectivity index (χ2v) is 4.13. The maximum atomic E-state index is 5.56. The van der Waals surface area contributed by atoms with Gasteiger partial charge in [0, 0.05) is 0 Å². The number of hydrogen-bond donors (Lipinski definition) is 1. The van der Waals surface area contributed by atoms with Crippen molar-refractivity contribution >= 4 is 0 Å². The molecule has 0 amide bonds. The minimum absolute atomic E-state index is 0.476.